The smallest absolute Gasteiger partial charge is 0.160 e. The largest absolute Gasteiger partial charge is 0.394 e. The van der Waals surface area contributed by atoms with E-state index in [0.29, 0.717) is 0 Å². The van der Waals surface area contributed by atoms with E-state index in [-0.39, 0.29) is 18.4 Å². The molecule has 4 heteroatoms. The van der Waals surface area contributed by atoms with Crippen LogP contribution < -0.4 is 0 Å². The van der Waals surface area contributed by atoms with Crippen molar-refractivity contribution >= 4 is 0 Å². The van der Waals surface area contributed by atoms with Crippen LogP contribution >= 0.6 is 0 Å². The molecule has 1 rings (SSSR count). The Morgan fingerprint density at radius 1 is 1.17 bits per heavy atom. The summed E-state index contributed by atoms with van der Waals surface area (Å²) in [6.07, 6.45) is -2.02. The molecule has 4 nitrogen and oxygen atoms in total. The lowest BCUT2D eigenvalue weighted by Crippen LogP contribution is -2.50. The minimum absolute atomic E-state index is 0.131. The molecule has 3 unspecified atom stereocenters. The van der Waals surface area contributed by atoms with Gasteiger partial charge < -0.3 is 20.1 Å². The molecule has 0 aromatic heterocycles. The molecule has 0 bridgehead atoms. The minimum atomic E-state index is -0.964. The van der Waals surface area contributed by atoms with Gasteiger partial charge in [-0.1, -0.05) is 13.8 Å². The molecule has 1 aliphatic heterocycles. The van der Waals surface area contributed by atoms with E-state index in [1.165, 1.54) is 0 Å². The van der Waals surface area contributed by atoms with E-state index in [2.05, 4.69) is 0 Å². The molecule has 12 heavy (non-hydrogen) atoms. The molecule has 0 radical (unpaired) electrons. The lowest BCUT2D eigenvalue weighted by molar-refractivity contribution is -0.248. The molecule has 0 amide bonds. The van der Waals surface area contributed by atoms with E-state index in [9.17, 15) is 10.2 Å². The number of hydrogen-bond acceptors (Lipinski definition) is 4. The summed E-state index contributed by atoms with van der Waals surface area (Å²) >= 11 is 0. The monoisotopic (exact) mass is 176 g/mol. The predicted octanol–water partition coefficient (Wildman–Crippen LogP) is -0.671. The summed E-state index contributed by atoms with van der Waals surface area (Å²) in [6, 6.07) is 0. The second-order valence-electron chi connectivity index (χ2n) is 3.46. The van der Waals surface area contributed by atoms with Crippen molar-refractivity contribution in [3.63, 3.8) is 0 Å². The van der Waals surface area contributed by atoms with Gasteiger partial charge in [0, 0.05) is 11.8 Å². The lowest BCUT2D eigenvalue weighted by atomic mass is 9.86. The molecule has 0 aromatic rings. The number of ether oxygens (including phenoxy) is 1. The van der Waals surface area contributed by atoms with Crippen molar-refractivity contribution in [2.24, 2.45) is 11.8 Å². The first kappa shape index (κ1) is 9.92. The lowest BCUT2D eigenvalue weighted by Gasteiger charge is -2.39. The van der Waals surface area contributed by atoms with Crippen molar-refractivity contribution in [2.45, 2.75) is 32.3 Å². The maximum Gasteiger partial charge on any atom is 0.160 e. The summed E-state index contributed by atoms with van der Waals surface area (Å²) in [5, 5.41) is 27.7. The summed E-state index contributed by atoms with van der Waals surface area (Å²) in [4.78, 5) is 0. The normalized spacial score (nSPS) is 49.2. The quantitative estimate of drug-likeness (QED) is 0.495. The topological polar surface area (TPSA) is 69.9 Å². The van der Waals surface area contributed by atoms with Gasteiger partial charge in [-0.25, -0.2) is 0 Å². The Bertz CT molecular complexity index is 145. The van der Waals surface area contributed by atoms with E-state index >= 15 is 0 Å². The Kier molecular flexibility index (Phi) is 3.06. The maximum absolute atomic E-state index is 9.57. The molecular formula is C8H16O4. The SMILES string of the molecule is CC1C(O)OC(CO)[C@@H](C)[C@@H]1O. The minimum Gasteiger partial charge on any atom is -0.394 e. The number of aliphatic hydroxyl groups is 3. The zero-order chi connectivity index (χ0) is 9.30. The Balaban J connectivity index is 2.63. The van der Waals surface area contributed by atoms with E-state index in [0.717, 1.165) is 0 Å². The van der Waals surface area contributed by atoms with Crippen molar-refractivity contribution in [1.29, 1.82) is 0 Å². The molecule has 72 valence electrons. The molecule has 3 N–H and O–H groups in total. The van der Waals surface area contributed by atoms with Crippen LogP contribution in [0.5, 0.6) is 0 Å². The molecule has 0 aromatic carbocycles. The third kappa shape index (κ3) is 1.61. The third-order valence-electron chi connectivity index (χ3n) is 2.61. The third-order valence-corrected chi connectivity index (χ3v) is 2.61. The average molecular weight is 176 g/mol. The fraction of sp³-hybridized carbons (Fsp3) is 1.00. The summed E-state index contributed by atoms with van der Waals surface area (Å²) in [6.45, 7) is 3.36. The fourth-order valence-corrected chi connectivity index (χ4v) is 1.50. The molecule has 1 heterocycles. The fourth-order valence-electron chi connectivity index (χ4n) is 1.50. The van der Waals surface area contributed by atoms with Gasteiger partial charge in [-0.3, -0.25) is 0 Å². The summed E-state index contributed by atoms with van der Waals surface area (Å²) in [5.74, 6) is -0.420. The first-order chi connectivity index (χ1) is 5.57. The highest BCUT2D eigenvalue weighted by molar-refractivity contribution is 4.83. The predicted molar refractivity (Wildman–Crippen MR) is 42.3 cm³/mol. The highest BCUT2D eigenvalue weighted by Crippen LogP contribution is 2.28. The van der Waals surface area contributed by atoms with E-state index < -0.39 is 18.5 Å². The molecule has 1 fully saturated rings. The van der Waals surface area contributed by atoms with Crippen LogP contribution in [0.4, 0.5) is 0 Å². The molecule has 0 aliphatic carbocycles. The second-order valence-corrected chi connectivity index (χ2v) is 3.46. The number of hydrogen-bond donors (Lipinski definition) is 3. The standard InChI is InChI=1S/C8H16O4/c1-4-6(3-9)12-8(11)5(2)7(4)10/h4-11H,3H2,1-2H3/t4-,5?,6?,7+,8?/m1/s1. The van der Waals surface area contributed by atoms with Crippen molar-refractivity contribution < 1.29 is 20.1 Å². The highest BCUT2D eigenvalue weighted by atomic mass is 16.6. The van der Waals surface area contributed by atoms with Crippen molar-refractivity contribution in [3.05, 3.63) is 0 Å². The van der Waals surface area contributed by atoms with Gasteiger partial charge in [-0.05, 0) is 0 Å². The van der Waals surface area contributed by atoms with Gasteiger partial charge in [-0.2, -0.15) is 0 Å². The average Bonchev–Trinajstić information content (AvgIpc) is 2.08. The summed E-state index contributed by atoms with van der Waals surface area (Å²) < 4.78 is 5.08. The Morgan fingerprint density at radius 2 is 1.75 bits per heavy atom. The molecular weight excluding hydrogens is 160 g/mol. The van der Waals surface area contributed by atoms with E-state index in [1.807, 2.05) is 0 Å². The summed E-state index contributed by atoms with van der Waals surface area (Å²) in [5.41, 5.74) is 0. The van der Waals surface area contributed by atoms with Gasteiger partial charge >= 0.3 is 0 Å². The van der Waals surface area contributed by atoms with Gasteiger partial charge in [0.05, 0.1) is 18.8 Å². The van der Waals surface area contributed by atoms with Gasteiger partial charge in [0.15, 0.2) is 6.29 Å². The number of aliphatic hydroxyl groups excluding tert-OH is 3. The zero-order valence-electron chi connectivity index (χ0n) is 7.34. The van der Waals surface area contributed by atoms with Crippen molar-refractivity contribution in [2.75, 3.05) is 6.61 Å². The molecule has 1 aliphatic rings. The first-order valence-corrected chi connectivity index (χ1v) is 4.20. The van der Waals surface area contributed by atoms with Crippen LogP contribution in [0, 0.1) is 11.8 Å². The van der Waals surface area contributed by atoms with Crippen LogP contribution in [0.25, 0.3) is 0 Å². The highest BCUT2D eigenvalue weighted by Gasteiger charge is 2.39. The molecule has 0 saturated carbocycles. The van der Waals surface area contributed by atoms with Gasteiger partial charge in [0.25, 0.3) is 0 Å². The van der Waals surface area contributed by atoms with Crippen LogP contribution in [-0.2, 0) is 4.74 Å². The number of rotatable bonds is 1. The van der Waals surface area contributed by atoms with Crippen molar-refractivity contribution in [3.8, 4) is 0 Å². The maximum atomic E-state index is 9.57. The van der Waals surface area contributed by atoms with Crippen LogP contribution in [0.2, 0.25) is 0 Å². The van der Waals surface area contributed by atoms with Crippen LogP contribution in [0.3, 0.4) is 0 Å². The van der Waals surface area contributed by atoms with Crippen LogP contribution in [0.1, 0.15) is 13.8 Å². The van der Waals surface area contributed by atoms with Crippen LogP contribution in [0.15, 0.2) is 0 Å². The van der Waals surface area contributed by atoms with E-state index in [4.69, 9.17) is 9.84 Å². The second kappa shape index (κ2) is 3.70. The molecule has 0 spiro atoms. The van der Waals surface area contributed by atoms with E-state index in [1.54, 1.807) is 13.8 Å². The van der Waals surface area contributed by atoms with Crippen LogP contribution in [-0.4, -0.2) is 40.4 Å². The summed E-state index contributed by atoms with van der Waals surface area (Å²) in [7, 11) is 0. The molecule has 1 saturated heterocycles. The Hall–Kier alpha value is -0.160. The van der Waals surface area contributed by atoms with Crippen molar-refractivity contribution in [1.82, 2.24) is 0 Å². The Morgan fingerprint density at radius 3 is 2.25 bits per heavy atom. The zero-order valence-corrected chi connectivity index (χ0v) is 7.34. The molecule has 5 atom stereocenters. The first-order valence-electron chi connectivity index (χ1n) is 4.20. The van der Waals surface area contributed by atoms with Gasteiger partial charge in [0.1, 0.15) is 0 Å². The van der Waals surface area contributed by atoms with Gasteiger partial charge in [-0.15, -0.1) is 0 Å². The Labute approximate surface area is 71.8 Å². The van der Waals surface area contributed by atoms with Gasteiger partial charge in [0.2, 0.25) is 0 Å².